The molecule has 0 aliphatic carbocycles. The summed E-state index contributed by atoms with van der Waals surface area (Å²) in [6, 6.07) is 10.9. The zero-order valence-corrected chi connectivity index (χ0v) is 16.0. The van der Waals surface area contributed by atoms with Crippen LogP contribution in [0, 0.1) is 6.92 Å². The Morgan fingerprint density at radius 1 is 1.19 bits per heavy atom. The molecule has 0 aliphatic heterocycles. The fourth-order valence-electron chi connectivity index (χ4n) is 2.79. The molecule has 1 amide bonds. The van der Waals surface area contributed by atoms with Crippen molar-refractivity contribution >= 4 is 27.0 Å². The number of amides is 1. The van der Waals surface area contributed by atoms with E-state index in [-0.39, 0.29) is 4.90 Å². The van der Waals surface area contributed by atoms with Gasteiger partial charge in [0, 0.05) is 12.1 Å². The highest BCUT2D eigenvalue weighted by Gasteiger charge is 2.17. The average molecular weight is 388 g/mol. The molecule has 0 aliphatic rings. The smallest absolute Gasteiger partial charge is 0.266 e. The third kappa shape index (κ3) is 3.79. The van der Waals surface area contributed by atoms with Crippen LogP contribution in [0.5, 0.6) is 5.75 Å². The largest absolute Gasteiger partial charge is 0.497 e. The van der Waals surface area contributed by atoms with Crippen molar-refractivity contribution in [2.75, 3.05) is 7.11 Å². The molecule has 2 aromatic carbocycles. The second kappa shape index (κ2) is 7.37. The predicted octanol–water partition coefficient (Wildman–Crippen LogP) is 2.00. The van der Waals surface area contributed by atoms with Gasteiger partial charge in [0.1, 0.15) is 11.6 Å². The molecule has 1 aromatic heterocycles. The number of methoxy groups -OCH3 is 1. The van der Waals surface area contributed by atoms with Gasteiger partial charge in [-0.15, -0.1) is 4.83 Å². The quantitative estimate of drug-likeness (QED) is 0.629. The Morgan fingerprint density at radius 2 is 1.89 bits per heavy atom. The first-order valence-corrected chi connectivity index (χ1v) is 9.77. The lowest BCUT2D eigenvalue weighted by atomic mass is 10.2. The number of fused-ring (bicyclic) bond motifs is 1. The minimum absolute atomic E-state index is 0.0105. The lowest BCUT2D eigenvalue weighted by Crippen LogP contribution is -2.41. The molecule has 0 unspecified atom stereocenters. The van der Waals surface area contributed by atoms with E-state index in [1.807, 2.05) is 18.4 Å². The van der Waals surface area contributed by atoms with Crippen LogP contribution in [-0.4, -0.2) is 31.0 Å². The van der Waals surface area contributed by atoms with Crippen molar-refractivity contribution in [3.63, 3.8) is 0 Å². The number of sulfonamides is 1. The molecule has 8 nitrogen and oxygen atoms in total. The van der Waals surface area contributed by atoms with Crippen LogP contribution in [0.2, 0.25) is 0 Å². The highest BCUT2D eigenvalue weighted by atomic mass is 32.2. The number of carbonyl (C=O) groups is 1. The minimum atomic E-state index is -3.89. The first-order chi connectivity index (χ1) is 12.9. The van der Waals surface area contributed by atoms with Crippen LogP contribution in [0.25, 0.3) is 11.0 Å². The number of ether oxygens (including phenoxy) is 1. The van der Waals surface area contributed by atoms with Crippen molar-refractivity contribution in [1.29, 1.82) is 0 Å². The number of hydrazine groups is 1. The van der Waals surface area contributed by atoms with Crippen LogP contribution in [0.15, 0.2) is 47.4 Å². The second-order valence-electron chi connectivity index (χ2n) is 5.84. The summed E-state index contributed by atoms with van der Waals surface area (Å²) in [6.07, 6.45) is 0. The van der Waals surface area contributed by atoms with Gasteiger partial charge in [0.25, 0.3) is 15.9 Å². The standard InChI is InChI=1S/C18H20N4O4S/c1-4-22-12(2)19-16-11-13(5-10-17(16)22)18(23)20-21-27(24,25)15-8-6-14(26-3)7-9-15/h5-11,21H,4H2,1-3H3,(H,20,23). The fourth-order valence-corrected chi connectivity index (χ4v) is 3.63. The van der Waals surface area contributed by atoms with Gasteiger partial charge in [-0.3, -0.25) is 10.2 Å². The minimum Gasteiger partial charge on any atom is -0.497 e. The van der Waals surface area contributed by atoms with E-state index in [9.17, 15) is 13.2 Å². The highest BCUT2D eigenvalue weighted by Crippen LogP contribution is 2.18. The predicted molar refractivity (Wildman–Crippen MR) is 101 cm³/mol. The van der Waals surface area contributed by atoms with E-state index < -0.39 is 15.9 Å². The Labute approximate surface area is 157 Å². The number of nitrogens with one attached hydrogen (secondary N) is 2. The topological polar surface area (TPSA) is 102 Å². The molecule has 2 N–H and O–H groups in total. The van der Waals surface area contributed by atoms with Crippen molar-refractivity contribution in [2.45, 2.75) is 25.3 Å². The number of benzene rings is 2. The van der Waals surface area contributed by atoms with Crippen LogP contribution in [0.1, 0.15) is 23.1 Å². The summed E-state index contributed by atoms with van der Waals surface area (Å²) < 4.78 is 31.6. The average Bonchev–Trinajstić information content (AvgIpc) is 3.00. The lowest BCUT2D eigenvalue weighted by molar-refractivity contribution is 0.0945. The molecule has 0 spiro atoms. The van der Waals surface area contributed by atoms with Crippen LogP contribution >= 0.6 is 0 Å². The van der Waals surface area contributed by atoms with Crippen molar-refractivity contribution in [2.24, 2.45) is 0 Å². The van der Waals surface area contributed by atoms with Crippen LogP contribution in [0.4, 0.5) is 0 Å². The summed E-state index contributed by atoms with van der Waals surface area (Å²) in [4.78, 5) is 18.9. The SMILES string of the molecule is CCn1c(C)nc2cc(C(=O)NNS(=O)(=O)c3ccc(OC)cc3)ccc21. The first kappa shape index (κ1) is 18.9. The summed E-state index contributed by atoms with van der Waals surface area (Å²) >= 11 is 0. The molecule has 3 aromatic rings. The zero-order valence-electron chi connectivity index (χ0n) is 15.2. The van der Waals surface area contributed by atoms with Gasteiger partial charge in [0.05, 0.1) is 23.0 Å². The monoisotopic (exact) mass is 388 g/mol. The van der Waals surface area contributed by atoms with E-state index in [0.717, 1.165) is 17.9 Å². The highest BCUT2D eigenvalue weighted by molar-refractivity contribution is 7.89. The Hall–Kier alpha value is -2.91. The Morgan fingerprint density at radius 3 is 2.52 bits per heavy atom. The van der Waals surface area contributed by atoms with Gasteiger partial charge < -0.3 is 9.30 Å². The summed E-state index contributed by atoms with van der Waals surface area (Å²) in [5.74, 6) is 0.816. The third-order valence-electron chi connectivity index (χ3n) is 4.19. The summed E-state index contributed by atoms with van der Waals surface area (Å²) in [7, 11) is -2.40. The maximum Gasteiger partial charge on any atom is 0.266 e. The van der Waals surface area contributed by atoms with Crippen LogP contribution in [-0.2, 0) is 16.6 Å². The third-order valence-corrected chi connectivity index (χ3v) is 5.45. The fraction of sp³-hybridized carbons (Fsp3) is 0.222. The molecule has 27 heavy (non-hydrogen) atoms. The molecule has 142 valence electrons. The number of aromatic nitrogens is 2. The van der Waals surface area contributed by atoms with E-state index in [1.54, 1.807) is 18.2 Å². The number of imidazole rings is 1. The maximum absolute atomic E-state index is 12.3. The summed E-state index contributed by atoms with van der Waals surface area (Å²) in [6.45, 7) is 4.68. The van der Waals surface area contributed by atoms with E-state index >= 15 is 0 Å². The van der Waals surface area contributed by atoms with Gasteiger partial charge in [-0.25, -0.2) is 13.4 Å². The summed E-state index contributed by atoms with van der Waals surface area (Å²) in [5.41, 5.74) is 4.13. The molecule has 0 saturated heterocycles. The van der Waals surface area contributed by atoms with E-state index in [1.165, 1.54) is 31.4 Å². The van der Waals surface area contributed by atoms with Gasteiger partial charge in [-0.2, -0.15) is 0 Å². The molecule has 0 bridgehead atoms. The molecule has 1 heterocycles. The lowest BCUT2D eigenvalue weighted by Gasteiger charge is -2.09. The molecule has 0 radical (unpaired) electrons. The number of hydrogen-bond acceptors (Lipinski definition) is 5. The molecule has 0 atom stereocenters. The van der Waals surface area contributed by atoms with Gasteiger partial charge in [0.2, 0.25) is 0 Å². The first-order valence-electron chi connectivity index (χ1n) is 8.29. The van der Waals surface area contributed by atoms with Crippen LogP contribution < -0.4 is 15.0 Å². The van der Waals surface area contributed by atoms with Gasteiger partial charge in [0.15, 0.2) is 0 Å². The van der Waals surface area contributed by atoms with Gasteiger partial charge in [-0.1, -0.05) is 0 Å². The molecule has 3 rings (SSSR count). The van der Waals surface area contributed by atoms with Crippen molar-refractivity contribution in [1.82, 2.24) is 19.8 Å². The molecule has 0 fully saturated rings. The van der Waals surface area contributed by atoms with Gasteiger partial charge in [-0.05, 0) is 56.3 Å². The molecule has 9 heteroatoms. The van der Waals surface area contributed by atoms with Crippen molar-refractivity contribution in [3.05, 3.63) is 53.9 Å². The number of aryl methyl sites for hydroxylation is 2. The number of hydrogen-bond donors (Lipinski definition) is 2. The summed E-state index contributed by atoms with van der Waals surface area (Å²) in [5, 5.41) is 0. The van der Waals surface area contributed by atoms with E-state index in [4.69, 9.17) is 4.74 Å². The van der Waals surface area contributed by atoms with Crippen molar-refractivity contribution < 1.29 is 17.9 Å². The number of carbonyl (C=O) groups excluding carboxylic acids is 1. The molecule has 0 saturated carbocycles. The molecular weight excluding hydrogens is 368 g/mol. The Kier molecular flexibility index (Phi) is 5.15. The van der Waals surface area contributed by atoms with Crippen LogP contribution in [0.3, 0.4) is 0 Å². The number of rotatable bonds is 6. The number of nitrogens with zero attached hydrogens (tertiary/aromatic N) is 2. The van der Waals surface area contributed by atoms with E-state index in [2.05, 4.69) is 15.2 Å². The zero-order chi connectivity index (χ0) is 19.6. The maximum atomic E-state index is 12.3. The Bertz CT molecular complexity index is 1090. The normalized spacial score (nSPS) is 11.5. The molecular formula is C18H20N4O4S. The van der Waals surface area contributed by atoms with Crippen molar-refractivity contribution in [3.8, 4) is 5.75 Å². The van der Waals surface area contributed by atoms with Gasteiger partial charge >= 0.3 is 0 Å². The van der Waals surface area contributed by atoms with E-state index in [0.29, 0.717) is 16.8 Å². The second-order valence-corrected chi connectivity index (χ2v) is 7.52. The Balaban J connectivity index is 1.75.